The molecule has 13 heavy (non-hydrogen) atoms. The summed E-state index contributed by atoms with van der Waals surface area (Å²) in [5.74, 6) is -3.05. The predicted molar refractivity (Wildman–Crippen MR) is 45.6 cm³/mol. The van der Waals surface area contributed by atoms with Gasteiger partial charge in [0.25, 0.3) is 5.92 Å². The molecule has 1 rings (SSSR count). The minimum absolute atomic E-state index is 0.248. The van der Waals surface area contributed by atoms with Gasteiger partial charge in [0.15, 0.2) is 0 Å². The summed E-state index contributed by atoms with van der Waals surface area (Å²) >= 11 is 0. The fourth-order valence-electron chi connectivity index (χ4n) is 0.974. The van der Waals surface area contributed by atoms with Crippen molar-refractivity contribution in [3.63, 3.8) is 0 Å². The zero-order chi connectivity index (χ0) is 10.5. The average Bonchev–Trinajstić information content (AvgIpc) is 2.28. The zero-order valence-corrected chi connectivity index (χ0v) is 8.37. The average molecular weight is 191 g/mol. The van der Waals surface area contributed by atoms with Crippen LogP contribution in [0, 0.1) is 5.41 Å². The van der Waals surface area contributed by atoms with Gasteiger partial charge in [0.2, 0.25) is 5.91 Å². The number of hydrogen-bond acceptors (Lipinski definition) is 1. The molecular weight excluding hydrogens is 176 g/mol. The lowest BCUT2D eigenvalue weighted by atomic mass is 9.95. The van der Waals surface area contributed by atoms with E-state index in [0.717, 1.165) is 0 Å². The first-order valence-electron chi connectivity index (χ1n) is 4.29. The molecule has 0 heterocycles. The van der Waals surface area contributed by atoms with E-state index >= 15 is 0 Å². The molecule has 0 aromatic heterocycles. The Hall–Kier alpha value is -0.670. The summed E-state index contributed by atoms with van der Waals surface area (Å²) in [5, 5.41) is 2.37. The molecule has 1 N–H and O–H groups in total. The second kappa shape index (κ2) is 2.42. The Kier molecular flexibility index (Phi) is 1.94. The first-order chi connectivity index (χ1) is 5.58. The van der Waals surface area contributed by atoms with Crippen molar-refractivity contribution >= 4 is 5.91 Å². The summed E-state index contributed by atoms with van der Waals surface area (Å²) in [4.78, 5) is 11.4. The van der Waals surface area contributed by atoms with Crippen LogP contribution in [0.3, 0.4) is 0 Å². The van der Waals surface area contributed by atoms with Gasteiger partial charge in [-0.2, -0.15) is 0 Å². The van der Waals surface area contributed by atoms with Gasteiger partial charge in [0.05, 0.1) is 0 Å². The highest BCUT2D eigenvalue weighted by atomic mass is 19.3. The largest absolute Gasteiger partial charge is 0.344 e. The molecule has 1 amide bonds. The van der Waals surface area contributed by atoms with Crippen molar-refractivity contribution in [2.75, 3.05) is 0 Å². The maximum absolute atomic E-state index is 12.7. The summed E-state index contributed by atoms with van der Waals surface area (Å²) in [6.07, 6.45) is -0.248. The van der Waals surface area contributed by atoms with E-state index in [2.05, 4.69) is 5.32 Å². The van der Waals surface area contributed by atoms with Crippen LogP contribution in [0.1, 0.15) is 34.1 Å². The highest BCUT2D eigenvalue weighted by Gasteiger charge is 2.69. The number of rotatable bonds is 1. The maximum Gasteiger partial charge on any atom is 0.273 e. The Bertz CT molecular complexity index is 244. The minimum Gasteiger partial charge on any atom is -0.344 e. The molecule has 0 radical (unpaired) electrons. The highest BCUT2D eigenvalue weighted by molar-refractivity contribution is 5.82. The van der Waals surface area contributed by atoms with Crippen molar-refractivity contribution in [2.24, 2.45) is 5.41 Å². The molecule has 1 saturated carbocycles. The van der Waals surface area contributed by atoms with Crippen LogP contribution in [0.25, 0.3) is 0 Å². The summed E-state index contributed by atoms with van der Waals surface area (Å²) in [6.45, 7) is 6.47. The van der Waals surface area contributed by atoms with Gasteiger partial charge in [-0.25, -0.2) is 8.78 Å². The summed E-state index contributed by atoms with van der Waals surface area (Å²) in [7, 11) is 0. The van der Waals surface area contributed by atoms with Crippen LogP contribution < -0.4 is 5.32 Å². The maximum atomic E-state index is 12.7. The molecule has 0 bridgehead atoms. The summed E-state index contributed by atoms with van der Waals surface area (Å²) < 4.78 is 25.4. The molecule has 0 aromatic rings. The standard InChI is InChI=1S/C9H15F2NO/c1-7(2,3)6(13)12-8(4)5-9(8,10)11/h5H2,1-4H3,(H,12,13). The van der Waals surface area contributed by atoms with Gasteiger partial charge in [-0.3, -0.25) is 4.79 Å². The second-order valence-electron chi connectivity index (χ2n) is 4.92. The van der Waals surface area contributed by atoms with Crippen molar-refractivity contribution < 1.29 is 13.6 Å². The van der Waals surface area contributed by atoms with Crippen LogP contribution in [0.4, 0.5) is 8.78 Å². The van der Waals surface area contributed by atoms with Gasteiger partial charge in [-0.1, -0.05) is 20.8 Å². The molecule has 1 fully saturated rings. The van der Waals surface area contributed by atoms with Gasteiger partial charge in [-0.05, 0) is 6.92 Å². The zero-order valence-electron chi connectivity index (χ0n) is 8.37. The van der Waals surface area contributed by atoms with Gasteiger partial charge in [0.1, 0.15) is 5.54 Å². The van der Waals surface area contributed by atoms with E-state index in [1.54, 1.807) is 20.8 Å². The number of carbonyl (C=O) groups is 1. The fraction of sp³-hybridized carbons (Fsp3) is 0.889. The van der Waals surface area contributed by atoms with E-state index in [0.29, 0.717) is 0 Å². The Morgan fingerprint density at radius 2 is 1.77 bits per heavy atom. The molecule has 4 heteroatoms. The molecule has 2 nitrogen and oxygen atoms in total. The molecule has 76 valence electrons. The summed E-state index contributed by atoms with van der Waals surface area (Å²) in [6, 6.07) is 0. The Balaban J connectivity index is 2.58. The van der Waals surface area contributed by atoms with E-state index in [1.807, 2.05) is 0 Å². The minimum atomic E-state index is -2.73. The number of alkyl halides is 2. The first-order valence-corrected chi connectivity index (χ1v) is 4.29. The van der Waals surface area contributed by atoms with E-state index in [9.17, 15) is 13.6 Å². The molecular formula is C9H15F2NO. The molecule has 0 spiro atoms. The lowest BCUT2D eigenvalue weighted by Gasteiger charge is -2.21. The number of nitrogens with one attached hydrogen (secondary N) is 1. The fourth-order valence-corrected chi connectivity index (χ4v) is 0.974. The number of carbonyl (C=O) groups excluding carboxylic acids is 1. The smallest absolute Gasteiger partial charge is 0.273 e. The highest BCUT2D eigenvalue weighted by Crippen LogP contribution is 2.52. The van der Waals surface area contributed by atoms with Crippen molar-refractivity contribution in [2.45, 2.75) is 45.6 Å². The lowest BCUT2D eigenvalue weighted by molar-refractivity contribution is -0.130. The first kappa shape index (κ1) is 10.4. The number of amides is 1. The predicted octanol–water partition coefficient (Wildman–Crippen LogP) is 1.95. The molecule has 1 unspecified atom stereocenters. The lowest BCUT2D eigenvalue weighted by Crippen LogP contribution is -2.44. The molecule has 0 saturated heterocycles. The summed E-state index contributed by atoms with van der Waals surface area (Å²) in [5.41, 5.74) is -1.92. The number of halogens is 2. The monoisotopic (exact) mass is 191 g/mol. The van der Waals surface area contributed by atoms with Crippen LogP contribution in [0.15, 0.2) is 0 Å². The van der Waals surface area contributed by atoms with Gasteiger partial charge < -0.3 is 5.32 Å². The van der Waals surface area contributed by atoms with Crippen molar-refractivity contribution in [3.05, 3.63) is 0 Å². The Morgan fingerprint density at radius 1 is 1.38 bits per heavy atom. The van der Waals surface area contributed by atoms with Gasteiger partial charge >= 0.3 is 0 Å². The molecule has 0 aliphatic heterocycles. The molecule has 1 aliphatic carbocycles. The molecule has 1 aliphatic rings. The second-order valence-corrected chi connectivity index (χ2v) is 4.92. The van der Waals surface area contributed by atoms with Crippen LogP contribution in [-0.4, -0.2) is 17.4 Å². The van der Waals surface area contributed by atoms with Crippen LogP contribution in [0.5, 0.6) is 0 Å². The van der Waals surface area contributed by atoms with Gasteiger partial charge in [0, 0.05) is 11.8 Å². The van der Waals surface area contributed by atoms with E-state index < -0.39 is 16.9 Å². The third-order valence-electron chi connectivity index (χ3n) is 2.33. The van der Waals surface area contributed by atoms with Crippen LogP contribution >= 0.6 is 0 Å². The van der Waals surface area contributed by atoms with Crippen molar-refractivity contribution in [1.82, 2.24) is 5.32 Å². The Morgan fingerprint density at radius 3 is 2.00 bits per heavy atom. The third-order valence-corrected chi connectivity index (χ3v) is 2.33. The molecule has 1 atom stereocenters. The van der Waals surface area contributed by atoms with E-state index in [4.69, 9.17) is 0 Å². The van der Waals surface area contributed by atoms with Crippen LogP contribution in [0.2, 0.25) is 0 Å². The Labute approximate surface area is 76.7 Å². The quantitative estimate of drug-likeness (QED) is 0.674. The van der Waals surface area contributed by atoms with E-state index in [1.165, 1.54) is 6.92 Å². The van der Waals surface area contributed by atoms with Crippen LogP contribution in [-0.2, 0) is 4.79 Å². The normalized spacial score (nSPS) is 31.2. The number of hydrogen-bond donors (Lipinski definition) is 1. The van der Waals surface area contributed by atoms with Gasteiger partial charge in [-0.15, -0.1) is 0 Å². The van der Waals surface area contributed by atoms with E-state index in [-0.39, 0.29) is 12.3 Å². The molecule has 0 aromatic carbocycles. The van der Waals surface area contributed by atoms with Crippen molar-refractivity contribution in [1.29, 1.82) is 0 Å². The topological polar surface area (TPSA) is 29.1 Å². The SMILES string of the molecule is CC(C)(C)C(=O)NC1(C)CC1(F)F. The third kappa shape index (κ3) is 1.81. The van der Waals surface area contributed by atoms with Crippen molar-refractivity contribution in [3.8, 4) is 0 Å².